The number of ether oxygens (including phenoxy) is 1. The van der Waals surface area contributed by atoms with E-state index in [-0.39, 0.29) is 11.6 Å². The maximum absolute atomic E-state index is 14.0. The lowest BCUT2D eigenvalue weighted by Gasteiger charge is -2.26. The van der Waals surface area contributed by atoms with Crippen LogP contribution in [0.25, 0.3) is 22.0 Å². The van der Waals surface area contributed by atoms with Crippen molar-refractivity contribution in [2.75, 3.05) is 55.3 Å². The van der Waals surface area contributed by atoms with Crippen LogP contribution in [-0.4, -0.2) is 66.1 Å². The Balaban J connectivity index is 1.26. The second-order valence-electron chi connectivity index (χ2n) is 10.1. The summed E-state index contributed by atoms with van der Waals surface area (Å²) in [4.78, 5) is 36.0. The molecular formula is C31H33FN6O3. The molecule has 1 aliphatic rings. The molecule has 0 unspecified atom stereocenters. The lowest BCUT2D eigenvalue weighted by molar-refractivity contribution is -0.114. The number of aryl methyl sites for hydroxylation is 1. The van der Waals surface area contributed by atoms with Gasteiger partial charge in [0.05, 0.1) is 24.4 Å². The van der Waals surface area contributed by atoms with Crippen LogP contribution in [0.3, 0.4) is 0 Å². The minimum atomic E-state index is -0.581. The topological polar surface area (TPSA) is 108 Å². The van der Waals surface area contributed by atoms with Crippen LogP contribution >= 0.6 is 0 Å². The normalized spacial score (nSPS) is 13.6. The molecule has 0 aliphatic carbocycles. The Labute approximate surface area is 238 Å². The summed E-state index contributed by atoms with van der Waals surface area (Å²) >= 11 is 0. The number of nitrogens with zero attached hydrogens (tertiary/aromatic N) is 3. The number of anilines is 3. The molecule has 0 radical (unpaired) electrons. The van der Waals surface area contributed by atoms with Gasteiger partial charge in [-0.05, 0) is 79.0 Å². The number of halogens is 1. The van der Waals surface area contributed by atoms with E-state index in [0.717, 1.165) is 73.4 Å². The number of amides is 2. The predicted octanol–water partition coefficient (Wildman–Crippen LogP) is 5.09. The van der Waals surface area contributed by atoms with Crippen molar-refractivity contribution in [3.05, 3.63) is 77.7 Å². The SMILES string of the molecule is CC(=O)Nc1cc(NC(=O)c2ccc(C)c(-c3ccc4nc(NCCCN5CCOCC5)ncc4c3)c2)ccc1F. The fraction of sp³-hybridized carbons (Fsp3) is 0.290. The Kier molecular flexibility index (Phi) is 8.81. The third kappa shape index (κ3) is 7.22. The average Bonchev–Trinajstić information content (AvgIpc) is 2.97. The van der Waals surface area contributed by atoms with Crippen LogP contribution in [-0.2, 0) is 9.53 Å². The molecule has 2 amide bonds. The smallest absolute Gasteiger partial charge is 0.255 e. The molecule has 2 heterocycles. The van der Waals surface area contributed by atoms with Crippen molar-refractivity contribution in [2.45, 2.75) is 20.3 Å². The van der Waals surface area contributed by atoms with Gasteiger partial charge in [-0.3, -0.25) is 14.5 Å². The number of nitrogens with one attached hydrogen (secondary N) is 3. The van der Waals surface area contributed by atoms with Gasteiger partial charge in [0.25, 0.3) is 5.91 Å². The first-order valence-corrected chi connectivity index (χ1v) is 13.7. The van der Waals surface area contributed by atoms with Crippen molar-refractivity contribution in [2.24, 2.45) is 0 Å². The van der Waals surface area contributed by atoms with Crippen molar-refractivity contribution in [1.29, 1.82) is 0 Å². The molecular weight excluding hydrogens is 523 g/mol. The highest BCUT2D eigenvalue weighted by molar-refractivity contribution is 6.05. The molecule has 1 aliphatic heterocycles. The molecule has 10 heteroatoms. The first-order valence-electron chi connectivity index (χ1n) is 13.7. The predicted molar refractivity (Wildman–Crippen MR) is 159 cm³/mol. The highest BCUT2D eigenvalue weighted by Crippen LogP contribution is 2.28. The minimum absolute atomic E-state index is 0.00428. The number of carbonyl (C=O) groups is 2. The zero-order chi connectivity index (χ0) is 28.8. The van der Waals surface area contributed by atoms with Crippen LogP contribution in [0, 0.1) is 12.7 Å². The standard InChI is InChI=1S/C31H33FN6O3/c1-20-4-5-23(30(40)36-25-7-8-27(32)29(18-25)35-21(2)39)17-26(20)22-6-9-28-24(16-22)19-34-31(37-28)33-10-3-11-38-12-14-41-15-13-38/h4-9,16-19H,3,10-15H2,1-2H3,(H,35,39)(H,36,40)(H,33,34,37). The van der Waals surface area contributed by atoms with E-state index >= 15 is 0 Å². The quantitative estimate of drug-likeness (QED) is 0.247. The number of hydrogen-bond acceptors (Lipinski definition) is 7. The highest BCUT2D eigenvalue weighted by atomic mass is 19.1. The van der Waals surface area contributed by atoms with Crippen molar-refractivity contribution >= 4 is 40.0 Å². The van der Waals surface area contributed by atoms with E-state index in [4.69, 9.17) is 4.74 Å². The van der Waals surface area contributed by atoms with Gasteiger partial charge in [-0.15, -0.1) is 0 Å². The number of rotatable bonds is 9. The lowest BCUT2D eigenvalue weighted by atomic mass is 9.97. The third-order valence-corrected chi connectivity index (χ3v) is 6.96. The van der Waals surface area contributed by atoms with Crippen molar-refractivity contribution in [3.63, 3.8) is 0 Å². The molecule has 212 valence electrons. The summed E-state index contributed by atoms with van der Waals surface area (Å²) in [5.74, 6) is -0.726. The Morgan fingerprint density at radius 3 is 2.66 bits per heavy atom. The summed E-state index contributed by atoms with van der Waals surface area (Å²) in [6.07, 6.45) is 2.81. The summed E-state index contributed by atoms with van der Waals surface area (Å²) in [6.45, 7) is 8.67. The van der Waals surface area contributed by atoms with Crippen molar-refractivity contribution < 1.29 is 18.7 Å². The molecule has 0 spiro atoms. The summed E-state index contributed by atoms with van der Waals surface area (Å²) in [5.41, 5.74) is 4.51. The second kappa shape index (κ2) is 12.8. The van der Waals surface area contributed by atoms with Crippen LogP contribution in [0.4, 0.5) is 21.7 Å². The van der Waals surface area contributed by atoms with E-state index in [9.17, 15) is 14.0 Å². The molecule has 3 aromatic carbocycles. The number of hydrogen-bond donors (Lipinski definition) is 3. The summed E-state index contributed by atoms with van der Waals surface area (Å²) in [5, 5.41) is 9.42. The number of aromatic nitrogens is 2. The molecule has 1 aromatic heterocycles. The van der Waals surface area contributed by atoms with Gasteiger partial charge in [0, 0.05) is 49.4 Å². The summed E-state index contributed by atoms with van der Waals surface area (Å²) in [6, 6.07) is 15.5. The van der Waals surface area contributed by atoms with Crippen LogP contribution in [0.1, 0.15) is 29.3 Å². The molecule has 9 nitrogen and oxygen atoms in total. The Bertz CT molecular complexity index is 1570. The molecule has 0 atom stereocenters. The lowest BCUT2D eigenvalue weighted by Crippen LogP contribution is -2.37. The van der Waals surface area contributed by atoms with Crippen molar-refractivity contribution in [3.8, 4) is 11.1 Å². The number of fused-ring (bicyclic) bond motifs is 1. The fourth-order valence-electron chi connectivity index (χ4n) is 4.78. The van der Waals surface area contributed by atoms with Crippen LogP contribution < -0.4 is 16.0 Å². The molecule has 41 heavy (non-hydrogen) atoms. The first-order chi connectivity index (χ1) is 19.9. The molecule has 0 saturated carbocycles. The van der Waals surface area contributed by atoms with E-state index < -0.39 is 11.7 Å². The molecule has 5 rings (SSSR count). The van der Waals surface area contributed by atoms with E-state index in [0.29, 0.717) is 17.2 Å². The van der Waals surface area contributed by atoms with E-state index in [1.807, 2.05) is 43.5 Å². The largest absolute Gasteiger partial charge is 0.379 e. The molecule has 4 aromatic rings. The first kappa shape index (κ1) is 28.1. The van der Waals surface area contributed by atoms with E-state index in [2.05, 4.69) is 30.8 Å². The summed E-state index contributed by atoms with van der Waals surface area (Å²) in [7, 11) is 0. The van der Waals surface area contributed by atoms with Gasteiger partial charge < -0.3 is 20.7 Å². The zero-order valence-corrected chi connectivity index (χ0v) is 23.2. The molecule has 0 bridgehead atoms. The van der Waals surface area contributed by atoms with Gasteiger partial charge in [-0.2, -0.15) is 0 Å². The minimum Gasteiger partial charge on any atom is -0.379 e. The number of benzene rings is 3. The average molecular weight is 557 g/mol. The monoisotopic (exact) mass is 556 g/mol. The van der Waals surface area contributed by atoms with E-state index in [1.54, 1.807) is 6.07 Å². The maximum Gasteiger partial charge on any atom is 0.255 e. The molecule has 3 N–H and O–H groups in total. The Morgan fingerprint density at radius 2 is 1.85 bits per heavy atom. The highest BCUT2D eigenvalue weighted by Gasteiger charge is 2.13. The molecule has 1 fully saturated rings. The fourth-order valence-corrected chi connectivity index (χ4v) is 4.78. The zero-order valence-electron chi connectivity index (χ0n) is 23.2. The van der Waals surface area contributed by atoms with Crippen LogP contribution in [0.5, 0.6) is 0 Å². The number of morpholine rings is 1. The third-order valence-electron chi connectivity index (χ3n) is 6.96. The van der Waals surface area contributed by atoms with Gasteiger partial charge in [-0.1, -0.05) is 12.1 Å². The maximum atomic E-state index is 14.0. The molecule has 1 saturated heterocycles. The van der Waals surface area contributed by atoms with Gasteiger partial charge >= 0.3 is 0 Å². The second-order valence-corrected chi connectivity index (χ2v) is 10.1. The van der Waals surface area contributed by atoms with Gasteiger partial charge in [-0.25, -0.2) is 14.4 Å². The van der Waals surface area contributed by atoms with Crippen LogP contribution in [0.15, 0.2) is 60.8 Å². The number of carbonyl (C=O) groups excluding carboxylic acids is 2. The Hall–Kier alpha value is -4.41. The van der Waals surface area contributed by atoms with Gasteiger partial charge in [0.1, 0.15) is 5.82 Å². The van der Waals surface area contributed by atoms with E-state index in [1.165, 1.54) is 25.1 Å². The van der Waals surface area contributed by atoms with Gasteiger partial charge in [0.2, 0.25) is 11.9 Å². The van der Waals surface area contributed by atoms with Gasteiger partial charge in [0.15, 0.2) is 0 Å². The Morgan fingerprint density at radius 1 is 1.02 bits per heavy atom. The van der Waals surface area contributed by atoms with Crippen molar-refractivity contribution in [1.82, 2.24) is 14.9 Å². The van der Waals surface area contributed by atoms with Crippen LogP contribution in [0.2, 0.25) is 0 Å². The summed E-state index contributed by atoms with van der Waals surface area (Å²) < 4.78 is 19.4.